The minimum atomic E-state index is -0.627. The van der Waals surface area contributed by atoms with Crippen LogP contribution in [-0.2, 0) is 16.1 Å². The molecule has 2 fully saturated rings. The molecule has 4 atom stereocenters. The van der Waals surface area contributed by atoms with E-state index < -0.39 is 11.9 Å². The number of ketones is 1. The molecule has 2 aliphatic heterocycles. The molecule has 34 heavy (non-hydrogen) atoms. The average Bonchev–Trinajstić information content (AvgIpc) is 3.29. The fourth-order valence-electron chi connectivity index (χ4n) is 5.45. The van der Waals surface area contributed by atoms with Gasteiger partial charge in [0.25, 0.3) is 5.91 Å². The maximum atomic E-state index is 14.9. The Morgan fingerprint density at radius 3 is 2.65 bits per heavy atom. The lowest BCUT2D eigenvalue weighted by Gasteiger charge is -2.40. The highest BCUT2D eigenvalue weighted by Gasteiger charge is 2.44. The number of carbonyl (C=O) groups is 2. The van der Waals surface area contributed by atoms with E-state index in [1.807, 2.05) is 6.92 Å². The smallest absolute Gasteiger partial charge is 0.254 e. The van der Waals surface area contributed by atoms with Crippen LogP contribution in [0.1, 0.15) is 55.8 Å². The van der Waals surface area contributed by atoms with Gasteiger partial charge < -0.3 is 15.5 Å². The Morgan fingerprint density at radius 2 is 1.97 bits per heavy atom. The summed E-state index contributed by atoms with van der Waals surface area (Å²) in [5.41, 5.74) is 2.79. The van der Waals surface area contributed by atoms with Gasteiger partial charge in [0, 0.05) is 42.2 Å². The van der Waals surface area contributed by atoms with Gasteiger partial charge in [-0.05, 0) is 62.6 Å². The second-order valence-electron chi connectivity index (χ2n) is 9.58. The molecule has 2 unspecified atom stereocenters. The van der Waals surface area contributed by atoms with E-state index in [4.69, 9.17) is 0 Å². The van der Waals surface area contributed by atoms with Crippen LogP contribution >= 0.6 is 0 Å². The lowest BCUT2D eigenvalue weighted by atomic mass is 9.90. The van der Waals surface area contributed by atoms with Crippen molar-refractivity contribution in [2.24, 2.45) is 5.92 Å². The summed E-state index contributed by atoms with van der Waals surface area (Å²) in [6.45, 7) is 5.34. The van der Waals surface area contributed by atoms with Gasteiger partial charge in [-0.25, -0.2) is 8.78 Å². The maximum absolute atomic E-state index is 14.9. The average molecular weight is 466 g/mol. The van der Waals surface area contributed by atoms with Gasteiger partial charge in [-0.3, -0.25) is 9.59 Å². The molecule has 0 spiro atoms. The van der Waals surface area contributed by atoms with Gasteiger partial charge in [0.15, 0.2) is 0 Å². The first kappa shape index (κ1) is 22.7. The molecular weight excluding hydrogens is 436 g/mol. The van der Waals surface area contributed by atoms with E-state index in [1.165, 1.54) is 18.2 Å². The number of carbonyl (C=O) groups excluding carboxylic acids is 2. The summed E-state index contributed by atoms with van der Waals surface area (Å²) in [6.07, 6.45) is 2.47. The number of benzene rings is 2. The monoisotopic (exact) mass is 465 g/mol. The number of hydrogen-bond acceptors (Lipinski definition) is 4. The number of allylic oxidation sites excluding steroid dienone is 1. The second kappa shape index (κ2) is 8.95. The predicted molar refractivity (Wildman–Crippen MR) is 125 cm³/mol. The van der Waals surface area contributed by atoms with Crippen molar-refractivity contribution in [3.8, 4) is 0 Å². The van der Waals surface area contributed by atoms with Gasteiger partial charge >= 0.3 is 0 Å². The van der Waals surface area contributed by atoms with E-state index in [0.717, 1.165) is 25.1 Å². The summed E-state index contributed by atoms with van der Waals surface area (Å²) >= 11 is 0. The molecule has 3 aliphatic rings. The Balaban J connectivity index is 1.52. The summed E-state index contributed by atoms with van der Waals surface area (Å²) < 4.78 is 28.9. The normalized spacial score (nSPS) is 23.5. The highest BCUT2D eigenvalue weighted by molar-refractivity contribution is 6.21. The van der Waals surface area contributed by atoms with Gasteiger partial charge in [0.2, 0.25) is 0 Å². The van der Waals surface area contributed by atoms with Crippen LogP contribution in [0.3, 0.4) is 0 Å². The van der Waals surface area contributed by atoms with Crippen molar-refractivity contribution < 1.29 is 18.4 Å². The molecular formula is C27H29F2N3O2. The number of nitrogens with one attached hydrogen (secondary N) is 2. The van der Waals surface area contributed by atoms with Crippen LogP contribution in [0, 0.1) is 17.6 Å². The van der Waals surface area contributed by atoms with Crippen LogP contribution in [0.25, 0.3) is 5.57 Å². The van der Waals surface area contributed by atoms with E-state index in [9.17, 15) is 18.4 Å². The van der Waals surface area contributed by atoms with E-state index in [2.05, 4.69) is 22.5 Å². The maximum Gasteiger partial charge on any atom is 0.254 e. The Kier molecular flexibility index (Phi) is 5.98. The lowest BCUT2D eigenvalue weighted by Crippen LogP contribution is -2.47. The zero-order chi connectivity index (χ0) is 24.0. The molecule has 178 valence electrons. The van der Waals surface area contributed by atoms with Crippen molar-refractivity contribution in [3.63, 3.8) is 0 Å². The summed E-state index contributed by atoms with van der Waals surface area (Å²) in [5.74, 6) is -1.48. The largest absolute Gasteiger partial charge is 0.366 e. The molecule has 7 heteroatoms. The van der Waals surface area contributed by atoms with Crippen LogP contribution in [0.4, 0.5) is 8.78 Å². The van der Waals surface area contributed by atoms with E-state index >= 15 is 0 Å². The van der Waals surface area contributed by atoms with Crippen LogP contribution in [-0.4, -0.2) is 35.2 Å². The van der Waals surface area contributed by atoms with Crippen molar-refractivity contribution >= 4 is 17.3 Å². The van der Waals surface area contributed by atoms with Crippen LogP contribution in [0.15, 0.2) is 48.2 Å². The number of nitrogens with zero attached hydrogens (tertiary/aromatic N) is 1. The molecule has 2 N–H and O–H groups in total. The minimum absolute atomic E-state index is 0.0397. The van der Waals surface area contributed by atoms with E-state index in [-0.39, 0.29) is 35.5 Å². The number of Topliss-reactive ketones (excluding diaryl/α,β-unsaturated/α-hetero) is 1. The Labute approximate surface area is 198 Å². The third-order valence-electron chi connectivity index (χ3n) is 7.48. The molecule has 5 nitrogen and oxygen atoms in total. The van der Waals surface area contributed by atoms with Crippen molar-refractivity contribution in [2.75, 3.05) is 6.54 Å². The second-order valence-corrected chi connectivity index (χ2v) is 9.58. The van der Waals surface area contributed by atoms with Gasteiger partial charge in [0.1, 0.15) is 17.4 Å². The molecule has 1 saturated heterocycles. The molecule has 1 amide bonds. The van der Waals surface area contributed by atoms with Gasteiger partial charge in [-0.15, -0.1) is 0 Å². The number of fused-ring (bicyclic) bond motifs is 1. The molecule has 2 aromatic rings. The standard InChI is InChI=1S/C27H29F2N3O2/c1-15(23-10-5-11-30-23)32-14-21-19(8-4-9-22(21)29)25(16(32)2)27(34)31-26(20-13-24(20)33)17-6-3-7-18(28)12-17/h3-4,6-9,12,15,20,23,26,30H,5,10-11,13-14H2,1-2H3,(H,31,34)/t15?,20?,23-,26+/m0/s1. The molecule has 0 radical (unpaired) electrons. The Bertz CT molecular complexity index is 1170. The third-order valence-corrected chi connectivity index (χ3v) is 7.48. The Morgan fingerprint density at radius 1 is 1.21 bits per heavy atom. The highest BCUT2D eigenvalue weighted by Crippen LogP contribution is 2.40. The first-order valence-electron chi connectivity index (χ1n) is 11.9. The van der Waals surface area contributed by atoms with Gasteiger partial charge in [0.05, 0.1) is 11.6 Å². The first-order chi connectivity index (χ1) is 16.3. The molecule has 0 bridgehead atoms. The Hall–Kier alpha value is -3.06. The fourth-order valence-corrected chi connectivity index (χ4v) is 5.45. The minimum Gasteiger partial charge on any atom is -0.366 e. The lowest BCUT2D eigenvalue weighted by molar-refractivity contribution is -0.116. The highest BCUT2D eigenvalue weighted by atomic mass is 19.1. The first-order valence-corrected chi connectivity index (χ1v) is 11.9. The number of hydrogen-bond donors (Lipinski definition) is 2. The topological polar surface area (TPSA) is 61.4 Å². The zero-order valence-corrected chi connectivity index (χ0v) is 19.4. The number of amides is 1. The summed E-state index contributed by atoms with van der Waals surface area (Å²) in [6, 6.07) is 10.5. The van der Waals surface area contributed by atoms with Crippen molar-refractivity contribution in [1.82, 2.24) is 15.5 Å². The van der Waals surface area contributed by atoms with E-state index in [0.29, 0.717) is 35.2 Å². The molecule has 2 heterocycles. The van der Waals surface area contributed by atoms with Crippen LogP contribution in [0.5, 0.6) is 0 Å². The van der Waals surface area contributed by atoms with E-state index in [1.54, 1.807) is 24.3 Å². The predicted octanol–water partition coefficient (Wildman–Crippen LogP) is 4.10. The summed E-state index contributed by atoms with van der Waals surface area (Å²) in [7, 11) is 0. The van der Waals surface area contributed by atoms with Crippen molar-refractivity contribution in [1.29, 1.82) is 0 Å². The molecule has 5 rings (SSSR count). The molecule has 1 saturated carbocycles. The van der Waals surface area contributed by atoms with Crippen LogP contribution in [0.2, 0.25) is 0 Å². The van der Waals surface area contributed by atoms with Crippen LogP contribution < -0.4 is 10.6 Å². The third kappa shape index (κ3) is 4.13. The number of halogens is 2. The van der Waals surface area contributed by atoms with Gasteiger partial charge in [-0.1, -0.05) is 24.3 Å². The summed E-state index contributed by atoms with van der Waals surface area (Å²) in [4.78, 5) is 27.9. The number of rotatable bonds is 6. The zero-order valence-electron chi connectivity index (χ0n) is 19.4. The summed E-state index contributed by atoms with van der Waals surface area (Å²) in [5, 5.41) is 6.51. The van der Waals surface area contributed by atoms with Crippen molar-refractivity contribution in [2.45, 2.75) is 57.8 Å². The molecule has 0 aromatic heterocycles. The SMILES string of the molecule is CC1=C(C(=O)N[C@H](c2cccc(F)c2)C2CC2=O)c2cccc(F)c2CN1C(C)[C@@H]1CCCN1. The molecule has 1 aliphatic carbocycles. The van der Waals surface area contributed by atoms with Gasteiger partial charge in [-0.2, -0.15) is 0 Å². The molecule has 2 aromatic carbocycles. The quantitative estimate of drug-likeness (QED) is 0.675. The van der Waals surface area contributed by atoms with Crippen molar-refractivity contribution in [3.05, 3.63) is 76.5 Å². The fraction of sp³-hybridized carbons (Fsp3) is 0.407.